The highest BCUT2D eigenvalue weighted by Gasteiger charge is 2.26. The Labute approximate surface area is 297 Å². The van der Waals surface area contributed by atoms with Crippen LogP contribution in [-0.4, -0.2) is 47.5 Å². The number of nitrogens with zero attached hydrogens (tertiary/aromatic N) is 7. The van der Waals surface area contributed by atoms with Gasteiger partial charge < -0.3 is 19.8 Å². The summed E-state index contributed by atoms with van der Waals surface area (Å²) in [5.74, 6) is 0.00267. The molecule has 0 saturated carbocycles. The SMILES string of the molecule is Cn1ccn2nc(I)c(Cc3cc(F)ccc3Cl)c2c1=O.Cn1ccn2nc(N3CCC[C@@H](N)C3)c(Cc3cc(F)ccc3Cl)c2c1=O. The van der Waals surface area contributed by atoms with E-state index in [1.807, 2.05) is 0 Å². The molecule has 0 amide bonds. The van der Waals surface area contributed by atoms with Crippen LogP contribution in [0, 0.1) is 15.3 Å². The van der Waals surface area contributed by atoms with Crippen molar-refractivity contribution < 1.29 is 8.78 Å². The number of anilines is 1. The van der Waals surface area contributed by atoms with Crippen molar-refractivity contribution in [1.29, 1.82) is 0 Å². The largest absolute Gasteiger partial charge is 0.353 e. The average molecular weight is 807 g/mol. The second-order valence-corrected chi connectivity index (χ2v) is 13.6. The van der Waals surface area contributed by atoms with Crippen molar-refractivity contribution >= 4 is 62.6 Å². The number of benzene rings is 2. The topological polar surface area (TPSA) is 108 Å². The number of hydrogen-bond acceptors (Lipinski definition) is 6. The van der Waals surface area contributed by atoms with Crippen LogP contribution < -0.4 is 21.8 Å². The molecule has 5 heterocycles. The van der Waals surface area contributed by atoms with Gasteiger partial charge >= 0.3 is 0 Å². The van der Waals surface area contributed by atoms with Crippen LogP contribution in [0.15, 0.2) is 70.8 Å². The first-order valence-corrected chi connectivity index (χ1v) is 16.9. The maximum atomic E-state index is 13.8. The quantitative estimate of drug-likeness (QED) is 0.235. The van der Waals surface area contributed by atoms with Gasteiger partial charge in [-0.25, -0.2) is 17.8 Å². The number of rotatable bonds is 5. The molecule has 250 valence electrons. The molecule has 1 fully saturated rings. The van der Waals surface area contributed by atoms with Gasteiger partial charge in [0.2, 0.25) is 0 Å². The van der Waals surface area contributed by atoms with E-state index in [-0.39, 0.29) is 28.8 Å². The molecule has 2 aromatic carbocycles. The van der Waals surface area contributed by atoms with Crippen molar-refractivity contribution in [3.63, 3.8) is 0 Å². The lowest BCUT2D eigenvalue weighted by molar-refractivity contribution is 0.502. The number of hydrogen-bond donors (Lipinski definition) is 1. The van der Waals surface area contributed by atoms with Gasteiger partial charge in [-0.2, -0.15) is 5.10 Å². The molecule has 0 spiro atoms. The Kier molecular flexibility index (Phi) is 9.93. The number of nitrogens with two attached hydrogens (primary N) is 1. The number of aryl methyl sites for hydroxylation is 2. The molecule has 0 radical (unpaired) electrons. The summed E-state index contributed by atoms with van der Waals surface area (Å²) in [6, 6.07) is 8.55. The van der Waals surface area contributed by atoms with Crippen LogP contribution in [0.4, 0.5) is 14.6 Å². The van der Waals surface area contributed by atoms with E-state index in [2.05, 4.69) is 37.7 Å². The highest BCUT2D eigenvalue weighted by Crippen LogP contribution is 2.30. The van der Waals surface area contributed by atoms with E-state index in [9.17, 15) is 18.4 Å². The molecular formula is C33H31Cl2F2IN8O2. The predicted octanol–water partition coefficient (Wildman–Crippen LogP) is 5.36. The number of halogens is 5. The van der Waals surface area contributed by atoms with E-state index in [0.717, 1.165) is 30.5 Å². The lowest BCUT2D eigenvalue weighted by Gasteiger charge is -2.31. The van der Waals surface area contributed by atoms with Gasteiger partial charge in [0.05, 0.1) is 0 Å². The first-order chi connectivity index (χ1) is 22.9. The van der Waals surface area contributed by atoms with Crippen LogP contribution in [-0.2, 0) is 26.9 Å². The lowest BCUT2D eigenvalue weighted by atomic mass is 10.0. The summed E-state index contributed by atoms with van der Waals surface area (Å²) in [6.45, 7) is 1.50. The molecule has 1 aliphatic rings. The van der Waals surface area contributed by atoms with E-state index in [4.69, 9.17) is 28.9 Å². The molecule has 0 bridgehead atoms. The summed E-state index contributed by atoms with van der Waals surface area (Å²) in [6.07, 6.45) is 9.41. The van der Waals surface area contributed by atoms with E-state index < -0.39 is 0 Å². The Morgan fingerprint density at radius 1 is 0.833 bits per heavy atom. The first-order valence-electron chi connectivity index (χ1n) is 15.1. The van der Waals surface area contributed by atoms with Gasteiger partial charge in [-0.3, -0.25) is 9.59 Å². The standard InChI is InChI=1S/C19H21ClFN5O.C14H10ClFIN3O/c1-24-7-8-26-17(19(24)27)15(10-12-9-13(21)4-5-16(12)20)18(23-26)25-6-2-3-14(22)11-25;1-19-4-5-20-12(14(19)21)10(13(17)18-20)7-8-6-9(16)2-3-11(8)15/h4-5,7-9,14H,2-3,6,10-11,22H2,1H3;2-6H,7H2,1H3/t14-;/m1./s1. The lowest BCUT2D eigenvalue weighted by Crippen LogP contribution is -2.43. The van der Waals surface area contributed by atoms with Crippen molar-refractivity contribution in [1.82, 2.24) is 28.4 Å². The maximum Gasteiger partial charge on any atom is 0.276 e. The molecule has 15 heteroatoms. The van der Waals surface area contributed by atoms with Crippen molar-refractivity contribution in [2.24, 2.45) is 19.8 Å². The minimum Gasteiger partial charge on any atom is -0.353 e. The van der Waals surface area contributed by atoms with Gasteiger partial charge in [-0.05, 0) is 83.0 Å². The zero-order valence-corrected chi connectivity index (χ0v) is 29.7. The van der Waals surface area contributed by atoms with Gasteiger partial charge in [0.25, 0.3) is 11.1 Å². The Morgan fingerprint density at radius 2 is 1.35 bits per heavy atom. The van der Waals surface area contributed by atoms with Crippen molar-refractivity contribution in [2.45, 2.75) is 31.7 Å². The average Bonchev–Trinajstić information content (AvgIpc) is 3.58. The molecule has 48 heavy (non-hydrogen) atoms. The summed E-state index contributed by atoms with van der Waals surface area (Å²) in [4.78, 5) is 27.2. The number of aromatic nitrogens is 6. The van der Waals surface area contributed by atoms with Crippen molar-refractivity contribution in [2.75, 3.05) is 18.0 Å². The third-order valence-electron chi connectivity index (χ3n) is 8.36. The Morgan fingerprint density at radius 3 is 1.92 bits per heavy atom. The molecule has 1 aliphatic heterocycles. The van der Waals surface area contributed by atoms with Gasteiger partial charge in [-0.15, -0.1) is 5.10 Å². The van der Waals surface area contributed by atoms with Crippen LogP contribution in [0.5, 0.6) is 0 Å². The second-order valence-electron chi connectivity index (χ2n) is 11.8. The fraction of sp³-hybridized carbons (Fsp3) is 0.273. The van der Waals surface area contributed by atoms with Crippen molar-refractivity contribution in [3.8, 4) is 0 Å². The van der Waals surface area contributed by atoms with Gasteiger partial charge in [0, 0.05) is 92.0 Å². The number of fused-ring (bicyclic) bond motifs is 2. The molecule has 1 atom stereocenters. The molecule has 0 aliphatic carbocycles. The molecule has 0 unspecified atom stereocenters. The van der Waals surface area contributed by atoms with Gasteiger partial charge in [0.1, 0.15) is 26.4 Å². The number of piperidine rings is 1. The van der Waals surface area contributed by atoms with Crippen molar-refractivity contribution in [3.05, 3.63) is 130 Å². The van der Waals surface area contributed by atoms with E-state index in [0.29, 0.717) is 61.1 Å². The summed E-state index contributed by atoms with van der Waals surface area (Å²) in [7, 11) is 3.38. The fourth-order valence-corrected chi connectivity index (χ4v) is 6.92. The maximum absolute atomic E-state index is 13.8. The third kappa shape index (κ3) is 6.86. The predicted molar refractivity (Wildman–Crippen MR) is 191 cm³/mol. The Balaban J connectivity index is 0.000000173. The summed E-state index contributed by atoms with van der Waals surface area (Å²) < 4.78 is 34.0. The molecule has 4 aromatic heterocycles. The third-order valence-corrected chi connectivity index (χ3v) is 9.97. The van der Waals surface area contributed by atoms with Crippen LogP contribution in [0.25, 0.3) is 11.0 Å². The summed E-state index contributed by atoms with van der Waals surface area (Å²) in [5.41, 5.74) is 9.58. The molecule has 10 nitrogen and oxygen atoms in total. The molecule has 6 aromatic rings. The summed E-state index contributed by atoms with van der Waals surface area (Å²) in [5, 5.41) is 9.91. The Bertz CT molecular complexity index is 2280. The minimum atomic E-state index is -0.361. The van der Waals surface area contributed by atoms with E-state index in [1.165, 1.54) is 45.5 Å². The zero-order chi connectivity index (χ0) is 34.3. The van der Waals surface area contributed by atoms with Crippen LogP contribution in [0.3, 0.4) is 0 Å². The van der Waals surface area contributed by atoms with Crippen LogP contribution in [0.2, 0.25) is 10.0 Å². The van der Waals surface area contributed by atoms with Crippen LogP contribution in [0.1, 0.15) is 35.1 Å². The molecule has 2 N–H and O–H groups in total. The monoisotopic (exact) mass is 806 g/mol. The normalized spacial score (nSPS) is 14.8. The zero-order valence-electron chi connectivity index (χ0n) is 26.0. The summed E-state index contributed by atoms with van der Waals surface area (Å²) >= 11 is 14.5. The van der Waals surface area contributed by atoms with E-state index in [1.54, 1.807) is 47.9 Å². The minimum absolute atomic E-state index is 0.0667. The smallest absolute Gasteiger partial charge is 0.276 e. The first kappa shape index (κ1) is 34.1. The second kappa shape index (κ2) is 14.0. The highest BCUT2D eigenvalue weighted by atomic mass is 127. The molecular weight excluding hydrogens is 776 g/mol. The molecule has 1 saturated heterocycles. The van der Waals surface area contributed by atoms with Gasteiger partial charge in [-0.1, -0.05) is 23.2 Å². The highest BCUT2D eigenvalue weighted by molar-refractivity contribution is 14.1. The van der Waals surface area contributed by atoms with E-state index >= 15 is 0 Å². The fourth-order valence-electron chi connectivity index (χ4n) is 5.88. The van der Waals surface area contributed by atoms with Crippen LogP contribution >= 0.6 is 45.8 Å². The molecule has 7 rings (SSSR count). The Hall–Kier alpha value is -3.79. The van der Waals surface area contributed by atoms with Gasteiger partial charge in [0.15, 0.2) is 5.82 Å².